The zero-order valence-corrected chi connectivity index (χ0v) is 13.3. The van der Waals surface area contributed by atoms with Crippen LogP contribution in [-0.2, 0) is 5.60 Å². The number of aromatic nitrogens is 2. The lowest BCUT2D eigenvalue weighted by molar-refractivity contribution is -0.0409. The molecule has 5 nitrogen and oxygen atoms in total. The molecule has 2 rings (SSSR count). The number of aliphatic hydroxyl groups is 1. The largest absolute Gasteiger partial charge is 0.493 e. The van der Waals surface area contributed by atoms with Gasteiger partial charge in [-0.15, -0.1) is 0 Å². The third-order valence-electron chi connectivity index (χ3n) is 4.27. The maximum Gasteiger partial charge on any atom is 0.162 e. The van der Waals surface area contributed by atoms with Gasteiger partial charge >= 0.3 is 0 Å². The molecule has 2 heterocycles. The number of nitrogens with zero attached hydrogens (tertiary/aromatic N) is 3. The predicted molar refractivity (Wildman–Crippen MR) is 79.0 cm³/mol. The molecule has 1 N–H and O–H groups in total. The molecule has 0 aliphatic carbocycles. The Kier molecular flexibility index (Phi) is 4.39. The van der Waals surface area contributed by atoms with Gasteiger partial charge in [0.1, 0.15) is 11.3 Å². The van der Waals surface area contributed by atoms with Gasteiger partial charge in [0.2, 0.25) is 0 Å². The first-order valence-electron chi connectivity index (χ1n) is 7.47. The maximum atomic E-state index is 11.1. The summed E-state index contributed by atoms with van der Waals surface area (Å²) in [6, 6.07) is 0.734. The smallest absolute Gasteiger partial charge is 0.162 e. The molecule has 1 aromatic rings. The lowest BCUT2D eigenvalue weighted by Gasteiger charge is -2.40. The summed E-state index contributed by atoms with van der Waals surface area (Å²) >= 11 is 0. The molecule has 20 heavy (non-hydrogen) atoms. The van der Waals surface area contributed by atoms with Crippen LogP contribution in [-0.4, -0.2) is 46.0 Å². The Morgan fingerprint density at radius 2 is 1.80 bits per heavy atom. The average Bonchev–Trinajstić information content (AvgIpc) is 2.84. The highest BCUT2D eigenvalue weighted by molar-refractivity contribution is 5.32. The molecule has 114 valence electrons. The zero-order valence-electron chi connectivity index (χ0n) is 13.3. The lowest BCUT2D eigenvalue weighted by Crippen LogP contribution is -2.46. The van der Waals surface area contributed by atoms with Crippen LogP contribution in [0.15, 0.2) is 6.20 Å². The quantitative estimate of drug-likeness (QED) is 0.919. The van der Waals surface area contributed by atoms with Crippen molar-refractivity contribution in [2.75, 3.05) is 20.2 Å². The maximum absolute atomic E-state index is 11.1. The Labute approximate surface area is 121 Å². The minimum atomic E-state index is -0.836. The molecule has 1 aliphatic heterocycles. The molecule has 5 heteroatoms. The molecular weight excluding hydrogens is 254 g/mol. The van der Waals surface area contributed by atoms with Gasteiger partial charge < -0.3 is 14.7 Å². The van der Waals surface area contributed by atoms with E-state index in [9.17, 15) is 5.11 Å². The number of rotatable bonds is 4. The number of ether oxygens (including phenoxy) is 1. The summed E-state index contributed by atoms with van der Waals surface area (Å²) in [5.41, 5.74) is -0.00395. The van der Waals surface area contributed by atoms with Gasteiger partial charge in [0.05, 0.1) is 13.3 Å². The summed E-state index contributed by atoms with van der Waals surface area (Å²) in [5, 5.41) is 15.5. The molecule has 0 amide bonds. The second kappa shape index (κ2) is 5.74. The fourth-order valence-electron chi connectivity index (χ4n) is 2.98. The molecule has 0 aromatic carbocycles. The van der Waals surface area contributed by atoms with Gasteiger partial charge in [0.25, 0.3) is 0 Å². The van der Waals surface area contributed by atoms with Gasteiger partial charge in [-0.05, 0) is 40.5 Å². The summed E-state index contributed by atoms with van der Waals surface area (Å²) in [5.74, 6) is 0.694. The van der Waals surface area contributed by atoms with Crippen LogP contribution in [0, 0.1) is 0 Å². The Balaban J connectivity index is 2.29. The third-order valence-corrected chi connectivity index (χ3v) is 4.27. The Morgan fingerprint density at radius 1 is 1.20 bits per heavy atom. The topological polar surface area (TPSA) is 50.5 Å². The van der Waals surface area contributed by atoms with E-state index in [2.05, 4.69) is 37.7 Å². The van der Waals surface area contributed by atoms with Gasteiger partial charge in [-0.3, -0.25) is 4.68 Å². The molecule has 0 atom stereocenters. The van der Waals surface area contributed by atoms with Crippen LogP contribution in [0.25, 0.3) is 0 Å². The van der Waals surface area contributed by atoms with E-state index in [1.807, 2.05) is 4.68 Å². The molecule has 0 radical (unpaired) electrons. The van der Waals surface area contributed by atoms with E-state index >= 15 is 0 Å². The molecule has 0 bridgehead atoms. The number of likely N-dealkylation sites (tertiary alicyclic amines) is 1. The first kappa shape index (κ1) is 15.3. The van der Waals surface area contributed by atoms with E-state index < -0.39 is 5.60 Å². The number of methoxy groups -OCH3 is 1. The number of piperidine rings is 1. The Morgan fingerprint density at radius 3 is 2.25 bits per heavy atom. The highest BCUT2D eigenvalue weighted by atomic mass is 16.5. The summed E-state index contributed by atoms with van der Waals surface area (Å²) in [6.07, 6.45) is 3.15. The van der Waals surface area contributed by atoms with Crippen molar-refractivity contribution < 1.29 is 9.84 Å². The monoisotopic (exact) mass is 281 g/mol. The molecular formula is C15H27N3O2. The molecule has 1 saturated heterocycles. The van der Waals surface area contributed by atoms with Gasteiger partial charge in [-0.2, -0.15) is 5.10 Å². The zero-order chi connectivity index (χ0) is 14.9. The highest BCUT2D eigenvalue weighted by Crippen LogP contribution is 2.39. The van der Waals surface area contributed by atoms with Crippen molar-refractivity contribution in [1.82, 2.24) is 14.7 Å². The summed E-state index contributed by atoms with van der Waals surface area (Å²) < 4.78 is 7.30. The fraction of sp³-hybridized carbons (Fsp3) is 0.800. The van der Waals surface area contributed by atoms with E-state index in [0.717, 1.165) is 31.6 Å². The van der Waals surface area contributed by atoms with Crippen molar-refractivity contribution in [2.24, 2.45) is 0 Å². The van der Waals surface area contributed by atoms with Crippen LogP contribution in [0.4, 0.5) is 0 Å². The van der Waals surface area contributed by atoms with E-state index in [-0.39, 0.29) is 6.04 Å². The predicted octanol–water partition coefficient (Wildman–Crippen LogP) is 2.16. The highest BCUT2D eigenvalue weighted by Gasteiger charge is 2.40. The van der Waals surface area contributed by atoms with Crippen LogP contribution < -0.4 is 4.74 Å². The van der Waals surface area contributed by atoms with E-state index in [1.54, 1.807) is 13.3 Å². The standard InChI is InChI=1S/C15H27N3O2/c1-11(2)17-8-6-15(19,7-9-17)14-13(20-5)10-16-18(14)12(3)4/h10-12,19H,6-9H2,1-5H3. The van der Waals surface area contributed by atoms with Crippen LogP contribution in [0.5, 0.6) is 5.75 Å². The van der Waals surface area contributed by atoms with Gasteiger partial charge in [0.15, 0.2) is 5.75 Å². The van der Waals surface area contributed by atoms with Crippen LogP contribution in [0.1, 0.15) is 52.3 Å². The lowest BCUT2D eigenvalue weighted by atomic mass is 9.87. The summed E-state index contributed by atoms with van der Waals surface area (Å²) in [7, 11) is 1.64. The molecule has 0 unspecified atom stereocenters. The van der Waals surface area contributed by atoms with E-state index in [1.165, 1.54) is 0 Å². The fourth-order valence-corrected chi connectivity index (χ4v) is 2.98. The molecule has 0 saturated carbocycles. The third kappa shape index (κ3) is 2.69. The molecule has 1 fully saturated rings. The summed E-state index contributed by atoms with van der Waals surface area (Å²) in [6.45, 7) is 10.3. The summed E-state index contributed by atoms with van der Waals surface area (Å²) in [4.78, 5) is 2.40. The van der Waals surface area contributed by atoms with Crippen LogP contribution in [0.2, 0.25) is 0 Å². The van der Waals surface area contributed by atoms with Gasteiger partial charge in [-0.25, -0.2) is 0 Å². The van der Waals surface area contributed by atoms with Crippen molar-refractivity contribution in [3.63, 3.8) is 0 Å². The minimum Gasteiger partial charge on any atom is -0.493 e. The average molecular weight is 281 g/mol. The number of hydrogen-bond donors (Lipinski definition) is 1. The SMILES string of the molecule is COc1cnn(C(C)C)c1C1(O)CCN(C(C)C)CC1. The Bertz CT molecular complexity index is 446. The number of hydrogen-bond acceptors (Lipinski definition) is 4. The van der Waals surface area contributed by atoms with Gasteiger partial charge in [-0.1, -0.05) is 0 Å². The van der Waals surface area contributed by atoms with E-state index in [0.29, 0.717) is 11.8 Å². The van der Waals surface area contributed by atoms with Gasteiger partial charge in [0, 0.05) is 25.2 Å². The van der Waals surface area contributed by atoms with Crippen molar-refractivity contribution in [1.29, 1.82) is 0 Å². The second-order valence-corrected chi connectivity index (χ2v) is 6.26. The first-order valence-corrected chi connectivity index (χ1v) is 7.47. The normalized spacial score (nSPS) is 19.8. The molecule has 1 aromatic heterocycles. The molecule has 1 aliphatic rings. The van der Waals surface area contributed by atoms with Crippen LogP contribution >= 0.6 is 0 Å². The minimum absolute atomic E-state index is 0.209. The second-order valence-electron chi connectivity index (χ2n) is 6.26. The van der Waals surface area contributed by atoms with Crippen LogP contribution in [0.3, 0.4) is 0 Å². The van der Waals surface area contributed by atoms with Crippen molar-refractivity contribution in [2.45, 2.75) is 58.2 Å². The molecule has 0 spiro atoms. The Hall–Kier alpha value is -1.07. The first-order chi connectivity index (χ1) is 9.39. The van der Waals surface area contributed by atoms with Crippen molar-refractivity contribution >= 4 is 0 Å². The van der Waals surface area contributed by atoms with E-state index in [4.69, 9.17) is 4.74 Å². The van der Waals surface area contributed by atoms with Crippen molar-refractivity contribution in [3.8, 4) is 5.75 Å². The van der Waals surface area contributed by atoms with Crippen molar-refractivity contribution in [3.05, 3.63) is 11.9 Å².